The lowest BCUT2D eigenvalue weighted by molar-refractivity contribution is 0.798. The first kappa shape index (κ1) is 27.0. The Morgan fingerprint density at radius 3 is 2.51 bits per heavy atom. The zero-order valence-electron chi connectivity index (χ0n) is 21.4. The Labute approximate surface area is 208 Å². The minimum absolute atomic E-state index is 0.406. The summed E-state index contributed by atoms with van der Waals surface area (Å²) in [6.07, 6.45) is 6.40. The monoisotopic (exact) mass is 470 g/mol. The second-order valence-electron chi connectivity index (χ2n) is 7.25. The van der Waals surface area contributed by atoms with Gasteiger partial charge in [0.05, 0.1) is 5.56 Å². The molecule has 2 heterocycles. The van der Waals surface area contributed by atoms with Crippen LogP contribution in [0.1, 0.15) is 52.2 Å². The quantitative estimate of drug-likeness (QED) is 0.539. The first-order valence-corrected chi connectivity index (χ1v) is 11.7. The average Bonchev–Trinajstić information content (AvgIpc) is 3.26. The highest BCUT2D eigenvalue weighted by atomic mass is 15.3. The molecule has 0 fully saturated rings. The number of nitrogen functional groups attached to an aromatic ring is 1. The van der Waals surface area contributed by atoms with Crippen LogP contribution in [0.4, 0.5) is 11.5 Å². The minimum Gasteiger partial charge on any atom is -0.383 e. The summed E-state index contributed by atoms with van der Waals surface area (Å²) in [6, 6.07) is 13.9. The zero-order chi connectivity index (χ0) is 25.8. The van der Waals surface area contributed by atoms with Crippen LogP contribution in [0, 0.1) is 11.3 Å². The SMILES string of the molecule is C/C=C(\N=C(/C)C#N)NCc1ccc(N2C(=NC)/C(=C\CC)N=C2c2cccnc2N)cc1.CC. The summed E-state index contributed by atoms with van der Waals surface area (Å²) in [5.41, 5.74) is 10.1. The molecule has 0 saturated carbocycles. The number of hydrogen-bond acceptors (Lipinski definition) is 7. The maximum absolute atomic E-state index is 8.94. The van der Waals surface area contributed by atoms with E-state index >= 15 is 0 Å². The van der Waals surface area contributed by atoms with Crippen LogP contribution in [-0.2, 0) is 6.54 Å². The van der Waals surface area contributed by atoms with E-state index in [1.807, 2.05) is 74.2 Å². The number of benzene rings is 1. The lowest BCUT2D eigenvalue weighted by Gasteiger charge is -2.22. The van der Waals surface area contributed by atoms with Crippen LogP contribution in [0.3, 0.4) is 0 Å². The molecule has 0 amide bonds. The number of nitriles is 1. The van der Waals surface area contributed by atoms with Crippen molar-refractivity contribution in [3.05, 3.63) is 77.4 Å². The fourth-order valence-corrected chi connectivity index (χ4v) is 3.37. The Morgan fingerprint density at radius 1 is 1.23 bits per heavy atom. The van der Waals surface area contributed by atoms with Crippen molar-refractivity contribution in [2.45, 2.75) is 47.6 Å². The largest absolute Gasteiger partial charge is 0.383 e. The van der Waals surface area contributed by atoms with Crippen LogP contribution < -0.4 is 16.0 Å². The summed E-state index contributed by atoms with van der Waals surface area (Å²) in [5.74, 6) is 2.54. The van der Waals surface area contributed by atoms with Crippen LogP contribution in [0.2, 0.25) is 0 Å². The Kier molecular flexibility index (Phi) is 10.4. The van der Waals surface area contributed by atoms with E-state index in [0.29, 0.717) is 29.7 Å². The number of nitrogens with one attached hydrogen (secondary N) is 1. The molecule has 8 heteroatoms. The molecule has 0 unspecified atom stereocenters. The van der Waals surface area contributed by atoms with E-state index in [4.69, 9.17) is 16.0 Å². The van der Waals surface area contributed by atoms with Crippen molar-refractivity contribution in [3.8, 4) is 6.07 Å². The summed E-state index contributed by atoms with van der Waals surface area (Å²) < 4.78 is 0. The summed E-state index contributed by atoms with van der Waals surface area (Å²) in [7, 11) is 1.76. The number of nitrogens with two attached hydrogens (primary N) is 1. The van der Waals surface area contributed by atoms with E-state index in [0.717, 1.165) is 34.8 Å². The number of hydrogen-bond donors (Lipinski definition) is 2. The van der Waals surface area contributed by atoms with Gasteiger partial charge < -0.3 is 11.1 Å². The molecule has 35 heavy (non-hydrogen) atoms. The van der Waals surface area contributed by atoms with Crippen LogP contribution >= 0.6 is 0 Å². The number of aromatic nitrogens is 1. The number of allylic oxidation sites excluding steroid dienone is 2. The summed E-state index contributed by atoms with van der Waals surface area (Å²) in [4.78, 5) is 19.8. The van der Waals surface area contributed by atoms with E-state index < -0.39 is 0 Å². The van der Waals surface area contributed by atoms with Crippen LogP contribution in [0.25, 0.3) is 0 Å². The van der Waals surface area contributed by atoms with Gasteiger partial charge in [-0.2, -0.15) is 5.26 Å². The van der Waals surface area contributed by atoms with Crippen molar-refractivity contribution < 1.29 is 0 Å². The predicted octanol–water partition coefficient (Wildman–Crippen LogP) is 5.21. The third-order valence-corrected chi connectivity index (χ3v) is 4.96. The van der Waals surface area contributed by atoms with Crippen LogP contribution in [-0.4, -0.2) is 29.4 Å². The van der Waals surface area contributed by atoms with Crippen molar-refractivity contribution in [2.24, 2.45) is 15.0 Å². The Morgan fingerprint density at radius 2 is 1.94 bits per heavy atom. The van der Waals surface area contributed by atoms with Crippen molar-refractivity contribution >= 4 is 28.9 Å². The van der Waals surface area contributed by atoms with Gasteiger partial charge in [-0.3, -0.25) is 9.89 Å². The molecular formula is C27H34N8. The lowest BCUT2D eigenvalue weighted by Crippen LogP contribution is -2.33. The first-order chi connectivity index (χ1) is 17.0. The highest BCUT2D eigenvalue weighted by Gasteiger charge is 2.31. The number of aliphatic imine (C=N–C) groups is 3. The Bertz CT molecular complexity index is 1190. The molecule has 1 aliphatic heterocycles. The lowest BCUT2D eigenvalue weighted by atomic mass is 10.1. The maximum Gasteiger partial charge on any atom is 0.159 e. The molecule has 3 N–H and O–H groups in total. The number of rotatable bonds is 7. The van der Waals surface area contributed by atoms with Gasteiger partial charge in [-0.05, 0) is 56.2 Å². The van der Waals surface area contributed by atoms with Gasteiger partial charge in [0, 0.05) is 25.5 Å². The van der Waals surface area contributed by atoms with Crippen LogP contribution in [0.15, 0.2) is 81.2 Å². The number of pyridine rings is 1. The van der Waals surface area contributed by atoms with Gasteiger partial charge in [0.15, 0.2) is 11.7 Å². The van der Waals surface area contributed by atoms with Gasteiger partial charge in [0.1, 0.15) is 29.1 Å². The highest BCUT2D eigenvalue weighted by molar-refractivity contribution is 6.34. The summed E-state index contributed by atoms with van der Waals surface area (Å²) in [5, 5.41) is 12.2. The smallest absolute Gasteiger partial charge is 0.159 e. The van der Waals surface area contributed by atoms with Gasteiger partial charge >= 0.3 is 0 Å². The molecule has 0 saturated heterocycles. The summed E-state index contributed by atoms with van der Waals surface area (Å²) in [6.45, 7) is 10.2. The predicted molar refractivity (Wildman–Crippen MR) is 147 cm³/mol. The Balaban J connectivity index is 0.00000210. The second kappa shape index (κ2) is 13.5. The second-order valence-corrected chi connectivity index (χ2v) is 7.25. The third kappa shape index (κ3) is 6.64. The third-order valence-electron chi connectivity index (χ3n) is 4.96. The fourth-order valence-electron chi connectivity index (χ4n) is 3.37. The van der Waals surface area contributed by atoms with Gasteiger partial charge in [0.2, 0.25) is 0 Å². The molecule has 0 spiro atoms. The molecule has 8 nitrogen and oxygen atoms in total. The fraction of sp³-hybridized carbons (Fsp3) is 0.296. The van der Waals surface area contributed by atoms with Crippen LogP contribution in [0.5, 0.6) is 0 Å². The molecule has 0 aliphatic carbocycles. The molecule has 1 aliphatic rings. The molecule has 0 radical (unpaired) electrons. The molecule has 182 valence electrons. The van der Waals surface area contributed by atoms with E-state index in [1.165, 1.54) is 0 Å². The van der Waals surface area contributed by atoms with E-state index in [1.54, 1.807) is 20.2 Å². The van der Waals surface area contributed by atoms with Gasteiger partial charge in [-0.1, -0.05) is 39.0 Å². The number of anilines is 2. The normalized spacial score (nSPS) is 16.0. The Hall–Kier alpha value is -4.25. The molecule has 1 aromatic heterocycles. The molecule has 0 atom stereocenters. The molecular weight excluding hydrogens is 436 g/mol. The van der Waals surface area contributed by atoms with Crippen molar-refractivity contribution in [3.63, 3.8) is 0 Å². The number of nitrogens with zero attached hydrogens (tertiary/aromatic N) is 6. The molecule has 3 rings (SSSR count). The van der Waals surface area contributed by atoms with Gasteiger partial charge in [-0.15, -0.1) is 0 Å². The standard InChI is InChI=1S/C25H28N8.C2H6/c1-5-8-21-25(28-4)33(24(32-21)20-9-7-14-29-23(20)27)19-12-10-18(11-13-19)16-30-22(6-2)31-17(3)15-26;1-2/h6-14,30H,5,16H2,1-4H3,(H2,27,29);1-2H3/b21-8+,22-6-,28-25?,31-17+;. The molecule has 1 aromatic carbocycles. The van der Waals surface area contributed by atoms with Crippen molar-refractivity contribution in [2.75, 3.05) is 17.7 Å². The molecule has 0 bridgehead atoms. The van der Waals surface area contributed by atoms with E-state index in [2.05, 4.69) is 33.3 Å². The highest BCUT2D eigenvalue weighted by Crippen LogP contribution is 2.29. The van der Waals surface area contributed by atoms with Crippen molar-refractivity contribution in [1.29, 1.82) is 5.26 Å². The zero-order valence-corrected chi connectivity index (χ0v) is 21.4. The minimum atomic E-state index is 0.406. The van der Waals surface area contributed by atoms with Crippen molar-refractivity contribution in [1.82, 2.24) is 10.3 Å². The number of amidine groups is 2. The average molecular weight is 471 g/mol. The topological polar surface area (TPSA) is 115 Å². The maximum atomic E-state index is 8.94. The van der Waals surface area contributed by atoms with Gasteiger partial charge in [-0.25, -0.2) is 15.0 Å². The van der Waals surface area contributed by atoms with Gasteiger partial charge in [0.25, 0.3) is 0 Å². The first-order valence-electron chi connectivity index (χ1n) is 11.7. The van der Waals surface area contributed by atoms with E-state index in [-0.39, 0.29) is 0 Å². The molecule has 2 aromatic rings. The van der Waals surface area contributed by atoms with E-state index in [9.17, 15) is 0 Å². The summed E-state index contributed by atoms with van der Waals surface area (Å²) >= 11 is 0.